The fraction of sp³-hybridized carbons (Fsp3) is 0.423. The number of benzene rings is 1. The van der Waals surface area contributed by atoms with Crippen LogP contribution in [0.15, 0.2) is 42.9 Å². The number of fused-ring (bicyclic) bond motifs is 1. The molecule has 10 heteroatoms. The molecule has 3 aromatic rings. The van der Waals surface area contributed by atoms with Gasteiger partial charge in [-0.1, -0.05) is 17.7 Å². The zero-order chi connectivity index (χ0) is 24.9. The van der Waals surface area contributed by atoms with Gasteiger partial charge in [0.25, 0.3) is 0 Å². The van der Waals surface area contributed by atoms with Crippen molar-refractivity contribution < 1.29 is 9.05 Å². The molecular formula is C26H32ClN6O2P. The maximum Gasteiger partial charge on any atom is 0.229 e. The number of aryl methyl sites for hydroxylation is 2. The van der Waals surface area contributed by atoms with Crippen LogP contribution in [0.1, 0.15) is 36.8 Å². The highest BCUT2D eigenvalue weighted by molar-refractivity contribution is 7.56. The minimum atomic E-state index is -1.27. The Morgan fingerprint density at radius 3 is 2.56 bits per heavy atom. The zero-order valence-corrected chi connectivity index (χ0v) is 22.4. The van der Waals surface area contributed by atoms with E-state index in [9.17, 15) is 0 Å². The van der Waals surface area contributed by atoms with Crippen molar-refractivity contribution in [1.29, 1.82) is 0 Å². The van der Waals surface area contributed by atoms with Crippen LogP contribution in [-0.2, 0) is 21.9 Å². The average Bonchev–Trinajstić information content (AvgIpc) is 3.35. The van der Waals surface area contributed by atoms with Crippen molar-refractivity contribution in [3.63, 3.8) is 0 Å². The minimum absolute atomic E-state index is 0.414. The highest BCUT2D eigenvalue weighted by Gasteiger charge is 2.24. The molecular weight excluding hydrogens is 495 g/mol. The molecule has 1 saturated heterocycles. The molecule has 1 aromatic carbocycles. The van der Waals surface area contributed by atoms with Crippen LogP contribution in [-0.4, -0.2) is 53.2 Å². The van der Waals surface area contributed by atoms with Crippen LogP contribution in [0.2, 0.25) is 5.02 Å². The lowest BCUT2D eigenvalue weighted by molar-refractivity contribution is 0.222. The number of rotatable bonds is 8. The van der Waals surface area contributed by atoms with Gasteiger partial charge in [0, 0.05) is 38.3 Å². The summed E-state index contributed by atoms with van der Waals surface area (Å²) in [4.78, 5) is 15.9. The van der Waals surface area contributed by atoms with E-state index in [4.69, 9.17) is 20.6 Å². The standard InChI is InChI=1S/C26H32ClN6O2P/c1-34-36(35-2)24-17-28-12-11-23(24)31-25-22(27)16-29-26(32-25)30-20-8-5-18-6-9-21(10-7-19(18)15-20)33-13-3-4-14-33/h5,8,11-12,15-17,21H,3-4,6-7,9-10,13-14H2,1-2H3,(H2,28,29,30,31,32)/t21-/m0/s1. The summed E-state index contributed by atoms with van der Waals surface area (Å²) in [5, 5.41) is 7.88. The highest BCUT2D eigenvalue weighted by Crippen LogP contribution is 2.38. The van der Waals surface area contributed by atoms with E-state index in [1.54, 1.807) is 32.8 Å². The molecule has 1 atom stereocenters. The first kappa shape index (κ1) is 25.3. The Morgan fingerprint density at radius 2 is 1.78 bits per heavy atom. The summed E-state index contributed by atoms with van der Waals surface area (Å²) >= 11 is 6.44. The van der Waals surface area contributed by atoms with E-state index < -0.39 is 8.38 Å². The average molecular weight is 527 g/mol. The van der Waals surface area contributed by atoms with Crippen molar-refractivity contribution >= 4 is 48.4 Å². The topological polar surface area (TPSA) is 84.4 Å². The molecule has 0 spiro atoms. The number of aromatic nitrogens is 3. The number of halogens is 1. The smallest absolute Gasteiger partial charge is 0.229 e. The van der Waals surface area contributed by atoms with Crippen molar-refractivity contribution in [1.82, 2.24) is 19.9 Å². The monoisotopic (exact) mass is 526 g/mol. The second-order valence-corrected chi connectivity index (χ2v) is 11.2. The molecule has 2 N–H and O–H groups in total. The minimum Gasteiger partial charge on any atom is -0.338 e. The molecule has 0 unspecified atom stereocenters. The Labute approximate surface area is 218 Å². The van der Waals surface area contributed by atoms with Crippen molar-refractivity contribution in [2.75, 3.05) is 37.9 Å². The Morgan fingerprint density at radius 1 is 1.00 bits per heavy atom. The molecule has 2 aliphatic rings. The second kappa shape index (κ2) is 11.8. The molecule has 0 bridgehead atoms. The van der Waals surface area contributed by atoms with E-state index in [0.717, 1.165) is 29.5 Å². The van der Waals surface area contributed by atoms with Crippen LogP contribution in [0.25, 0.3) is 0 Å². The van der Waals surface area contributed by atoms with E-state index in [-0.39, 0.29) is 0 Å². The molecule has 1 fully saturated rings. The van der Waals surface area contributed by atoms with Crippen molar-refractivity contribution in [2.45, 2.75) is 44.6 Å². The van der Waals surface area contributed by atoms with Crippen LogP contribution in [0.3, 0.4) is 0 Å². The van der Waals surface area contributed by atoms with Crippen LogP contribution in [0.5, 0.6) is 0 Å². The number of anilines is 4. The Bertz CT molecular complexity index is 1190. The first-order valence-corrected chi connectivity index (χ1v) is 13.9. The third kappa shape index (κ3) is 5.79. The number of hydrogen-bond donors (Lipinski definition) is 2. The van der Waals surface area contributed by atoms with Gasteiger partial charge in [-0.25, -0.2) is 4.98 Å². The van der Waals surface area contributed by atoms with Crippen LogP contribution >= 0.6 is 20.0 Å². The second-order valence-electron chi connectivity index (χ2n) is 9.11. The molecule has 5 rings (SSSR count). The zero-order valence-electron chi connectivity index (χ0n) is 20.7. The predicted octanol–water partition coefficient (Wildman–Crippen LogP) is 5.59. The first-order valence-electron chi connectivity index (χ1n) is 12.4. The molecule has 36 heavy (non-hydrogen) atoms. The summed E-state index contributed by atoms with van der Waals surface area (Å²) in [7, 11) is 1.95. The van der Waals surface area contributed by atoms with E-state index >= 15 is 0 Å². The molecule has 1 aliphatic heterocycles. The third-order valence-corrected chi connectivity index (χ3v) is 8.63. The number of hydrogen-bond acceptors (Lipinski definition) is 8. The molecule has 8 nitrogen and oxygen atoms in total. The van der Waals surface area contributed by atoms with E-state index in [1.807, 2.05) is 6.07 Å². The number of likely N-dealkylation sites (tertiary alicyclic amines) is 1. The van der Waals surface area contributed by atoms with Crippen molar-refractivity contribution in [3.05, 3.63) is 59.0 Å². The van der Waals surface area contributed by atoms with Crippen LogP contribution < -0.4 is 15.9 Å². The van der Waals surface area contributed by atoms with Gasteiger partial charge < -0.3 is 24.6 Å². The van der Waals surface area contributed by atoms with Gasteiger partial charge in [-0.3, -0.25) is 4.98 Å². The summed E-state index contributed by atoms with van der Waals surface area (Å²) in [6.07, 6.45) is 12.4. The maximum atomic E-state index is 6.44. The summed E-state index contributed by atoms with van der Waals surface area (Å²) in [5.41, 5.74) is 4.63. The first-order chi connectivity index (χ1) is 17.6. The Kier molecular flexibility index (Phi) is 8.29. The summed E-state index contributed by atoms with van der Waals surface area (Å²) in [6, 6.07) is 9.17. The number of nitrogens with zero attached hydrogens (tertiary/aromatic N) is 4. The van der Waals surface area contributed by atoms with Gasteiger partial charge in [0.1, 0.15) is 5.02 Å². The molecule has 190 valence electrons. The summed E-state index contributed by atoms with van der Waals surface area (Å²) in [6.45, 7) is 2.52. The van der Waals surface area contributed by atoms with Gasteiger partial charge in [-0.15, -0.1) is 0 Å². The molecule has 0 saturated carbocycles. The van der Waals surface area contributed by atoms with Crippen molar-refractivity contribution in [2.24, 2.45) is 0 Å². The molecule has 3 heterocycles. The third-order valence-electron chi connectivity index (χ3n) is 6.94. The van der Waals surface area contributed by atoms with E-state index in [0.29, 0.717) is 22.8 Å². The maximum absolute atomic E-state index is 6.44. The van der Waals surface area contributed by atoms with Gasteiger partial charge in [0.15, 0.2) is 5.82 Å². The molecule has 1 aliphatic carbocycles. The summed E-state index contributed by atoms with van der Waals surface area (Å²) in [5.74, 6) is 0.966. The highest BCUT2D eigenvalue weighted by atomic mass is 35.5. The largest absolute Gasteiger partial charge is 0.338 e. The van der Waals surface area contributed by atoms with E-state index in [1.165, 1.54) is 49.9 Å². The van der Waals surface area contributed by atoms with Crippen molar-refractivity contribution in [3.8, 4) is 0 Å². The Balaban J connectivity index is 1.31. The quantitative estimate of drug-likeness (QED) is 0.290. The lowest BCUT2D eigenvalue weighted by Crippen LogP contribution is -2.32. The summed E-state index contributed by atoms with van der Waals surface area (Å²) < 4.78 is 10.9. The fourth-order valence-corrected chi connectivity index (χ4v) is 6.29. The number of pyridine rings is 1. The lowest BCUT2D eigenvalue weighted by atomic mass is 10.0. The van der Waals surface area contributed by atoms with Crippen LogP contribution in [0.4, 0.5) is 23.1 Å². The van der Waals surface area contributed by atoms with Gasteiger partial charge in [0.2, 0.25) is 14.3 Å². The SMILES string of the molecule is COP(OC)c1cnccc1Nc1nc(Nc2ccc3c(c2)CC[C@@H](N2CCCC2)CC3)ncc1Cl. The number of nitrogens with one attached hydrogen (secondary N) is 2. The lowest BCUT2D eigenvalue weighted by Gasteiger charge is -2.25. The molecule has 0 radical (unpaired) electrons. The van der Waals surface area contributed by atoms with E-state index in [2.05, 4.69) is 48.7 Å². The van der Waals surface area contributed by atoms with Gasteiger partial charge in [-0.2, -0.15) is 4.98 Å². The normalized spacial score (nSPS) is 18.2. The van der Waals surface area contributed by atoms with Gasteiger partial charge in [-0.05, 0) is 80.9 Å². The van der Waals surface area contributed by atoms with Crippen LogP contribution in [0, 0.1) is 0 Å². The van der Waals surface area contributed by atoms with Gasteiger partial charge in [0.05, 0.1) is 17.2 Å². The molecule has 2 aromatic heterocycles. The fourth-order valence-electron chi connectivity index (χ4n) is 5.12. The van der Waals surface area contributed by atoms with Gasteiger partial charge >= 0.3 is 0 Å². The molecule has 0 amide bonds. The Hall–Kier alpha value is -2.35. The predicted molar refractivity (Wildman–Crippen MR) is 146 cm³/mol.